The van der Waals surface area contributed by atoms with Gasteiger partial charge in [0.1, 0.15) is 16.7 Å². The van der Waals surface area contributed by atoms with Crippen LogP contribution in [0.3, 0.4) is 0 Å². The molecule has 1 atom stereocenters. The lowest BCUT2D eigenvalue weighted by molar-refractivity contribution is -0.197. The highest BCUT2D eigenvalue weighted by Gasteiger charge is 2.57. The Morgan fingerprint density at radius 3 is 2.39 bits per heavy atom. The van der Waals surface area contributed by atoms with Crippen LogP contribution in [0, 0.1) is 5.92 Å². The molecule has 2 heterocycles. The first-order chi connectivity index (χ1) is 19.1. The predicted octanol–water partition coefficient (Wildman–Crippen LogP) is 5.22. The van der Waals surface area contributed by atoms with Crippen molar-refractivity contribution in [3.63, 3.8) is 0 Å². The SMILES string of the molecule is CC(C)Oc1cccc(C(O)(C(=O)N(C)CCCC2CCN(c3ccc(C(=O)N(C)C)c(Cl)n3)CC2)C(C)(F)F)c1. The molecule has 0 aliphatic carbocycles. The number of carbonyl (C=O) groups is 2. The molecule has 1 fully saturated rings. The van der Waals surface area contributed by atoms with Crippen LogP contribution in [-0.2, 0) is 10.4 Å². The van der Waals surface area contributed by atoms with E-state index in [1.54, 1.807) is 46.1 Å². The Bertz CT molecular complexity index is 1220. The van der Waals surface area contributed by atoms with E-state index in [9.17, 15) is 23.5 Å². The maximum absolute atomic E-state index is 14.8. The van der Waals surface area contributed by atoms with Crippen molar-refractivity contribution in [1.29, 1.82) is 0 Å². The Morgan fingerprint density at radius 1 is 1.17 bits per heavy atom. The van der Waals surface area contributed by atoms with Crippen molar-refractivity contribution in [2.75, 3.05) is 45.7 Å². The van der Waals surface area contributed by atoms with Crippen molar-refractivity contribution in [3.8, 4) is 5.75 Å². The Morgan fingerprint density at radius 2 is 1.83 bits per heavy atom. The van der Waals surface area contributed by atoms with E-state index >= 15 is 0 Å². The molecule has 1 N–H and O–H groups in total. The molecule has 1 aliphatic rings. The molecule has 1 saturated heterocycles. The van der Waals surface area contributed by atoms with Gasteiger partial charge in [-0.1, -0.05) is 23.7 Å². The Hall–Kier alpha value is -2.98. The van der Waals surface area contributed by atoms with Crippen LogP contribution in [0.4, 0.5) is 14.6 Å². The summed E-state index contributed by atoms with van der Waals surface area (Å²) >= 11 is 6.28. The second-order valence-corrected chi connectivity index (χ2v) is 11.7. The molecule has 0 spiro atoms. The molecule has 0 bridgehead atoms. The van der Waals surface area contributed by atoms with Crippen molar-refractivity contribution in [3.05, 3.63) is 52.7 Å². The highest BCUT2D eigenvalue weighted by atomic mass is 35.5. The first-order valence-electron chi connectivity index (χ1n) is 13.9. The van der Waals surface area contributed by atoms with Gasteiger partial charge in [-0.25, -0.2) is 13.8 Å². The van der Waals surface area contributed by atoms with Crippen LogP contribution in [0.2, 0.25) is 5.15 Å². The number of amides is 2. The van der Waals surface area contributed by atoms with Gasteiger partial charge in [-0.15, -0.1) is 0 Å². The van der Waals surface area contributed by atoms with Crippen molar-refractivity contribution >= 4 is 29.2 Å². The van der Waals surface area contributed by atoms with E-state index in [-0.39, 0.29) is 29.3 Å². The highest BCUT2D eigenvalue weighted by molar-refractivity contribution is 6.32. The third kappa shape index (κ3) is 7.65. The van der Waals surface area contributed by atoms with Crippen molar-refractivity contribution < 1.29 is 28.2 Å². The third-order valence-electron chi connectivity index (χ3n) is 7.43. The Labute approximate surface area is 246 Å². The minimum Gasteiger partial charge on any atom is -0.491 e. The smallest absolute Gasteiger partial charge is 0.286 e. The Kier molecular flexibility index (Phi) is 10.6. The number of aromatic nitrogens is 1. The van der Waals surface area contributed by atoms with Gasteiger partial charge in [0.05, 0.1) is 11.7 Å². The monoisotopic (exact) mass is 594 g/mol. The number of pyridine rings is 1. The van der Waals surface area contributed by atoms with Crippen molar-refractivity contribution in [1.82, 2.24) is 14.8 Å². The van der Waals surface area contributed by atoms with E-state index < -0.39 is 17.4 Å². The van der Waals surface area contributed by atoms with Gasteiger partial charge in [0.15, 0.2) is 0 Å². The summed E-state index contributed by atoms with van der Waals surface area (Å²) in [5.74, 6) is -3.56. The summed E-state index contributed by atoms with van der Waals surface area (Å²) in [5.41, 5.74) is -2.87. The van der Waals surface area contributed by atoms with E-state index in [0.29, 0.717) is 30.6 Å². The molecule has 2 aromatic rings. The first kappa shape index (κ1) is 32.5. The predicted molar refractivity (Wildman–Crippen MR) is 156 cm³/mol. The van der Waals surface area contributed by atoms with Crippen LogP contribution in [0.15, 0.2) is 36.4 Å². The standard InChI is InChI=1S/C30H41ClF2N4O4/c1-20(2)41-23-11-7-10-22(19-23)30(40,29(3,32)33)28(39)36(6)16-8-9-21-14-17-37(18-15-21)25-13-12-24(26(31)34-25)27(38)35(4)5/h7,10-13,19-21,40H,8-9,14-18H2,1-6H3. The zero-order chi connectivity index (χ0) is 30.5. The number of alkyl halides is 2. The number of ether oxygens (including phenoxy) is 1. The molecule has 1 aromatic heterocycles. The summed E-state index contributed by atoms with van der Waals surface area (Å²) in [4.78, 5) is 34.7. The molecule has 3 rings (SSSR count). The van der Waals surface area contributed by atoms with E-state index in [2.05, 4.69) is 9.88 Å². The van der Waals surface area contributed by atoms with Gasteiger partial charge in [-0.2, -0.15) is 0 Å². The zero-order valence-electron chi connectivity index (χ0n) is 24.7. The fourth-order valence-electron chi connectivity index (χ4n) is 5.08. The summed E-state index contributed by atoms with van der Waals surface area (Å²) in [6.07, 6.45) is 3.03. The molecule has 1 aromatic carbocycles. The molecule has 1 unspecified atom stereocenters. The summed E-state index contributed by atoms with van der Waals surface area (Å²) in [7, 11) is 4.76. The second kappa shape index (κ2) is 13.3. The number of rotatable bonds is 11. The molecule has 226 valence electrons. The lowest BCUT2D eigenvalue weighted by atomic mass is 9.86. The van der Waals surface area contributed by atoms with Gasteiger partial charge in [-0.3, -0.25) is 9.59 Å². The van der Waals surface area contributed by atoms with Crippen LogP contribution in [-0.4, -0.2) is 84.5 Å². The van der Waals surface area contributed by atoms with Gasteiger partial charge >= 0.3 is 0 Å². The zero-order valence-corrected chi connectivity index (χ0v) is 25.4. The number of hydrogen-bond acceptors (Lipinski definition) is 6. The largest absolute Gasteiger partial charge is 0.491 e. The highest BCUT2D eigenvalue weighted by Crippen LogP contribution is 2.40. The number of nitrogens with zero attached hydrogens (tertiary/aromatic N) is 4. The molecule has 2 amide bonds. The minimum atomic E-state index is -3.73. The number of carbonyl (C=O) groups excluding carboxylic acids is 2. The lowest BCUT2D eigenvalue weighted by Gasteiger charge is -2.36. The summed E-state index contributed by atoms with van der Waals surface area (Å²) in [6, 6.07) is 9.21. The molecular weight excluding hydrogens is 554 g/mol. The van der Waals surface area contributed by atoms with E-state index in [4.69, 9.17) is 16.3 Å². The third-order valence-corrected chi connectivity index (χ3v) is 7.72. The van der Waals surface area contributed by atoms with Crippen molar-refractivity contribution in [2.24, 2.45) is 5.92 Å². The fourth-order valence-corrected chi connectivity index (χ4v) is 5.31. The number of likely N-dealkylation sites (N-methyl/N-ethyl adjacent to an activating group) is 1. The Balaban J connectivity index is 1.56. The molecule has 41 heavy (non-hydrogen) atoms. The molecular formula is C30H41ClF2N4O4. The van der Waals surface area contributed by atoms with Gasteiger partial charge in [0, 0.05) is 53.3 Å². The van der Waals surface area contributed by atoms with Gasteiger partial charge in [0.2, 0.25) is 5.60 Å². The second-order valence-electron chi connectivity index (χ2n) is 11.3. The van der Waals surface area contributed by atoms with Gasteiger partial charge in [0.25, 0.3) is 17.7 Å². The molecule has 8 nitrogen and oxygen atoms in total. The molecule has 11 heteroatoms. The van der Waals surface area contributed by atoms with Crippen LogP contribution in [0.5, 0.6) is 5.75 Å². The summed E-state index contributed by atoms with van der Waals surface area (Å²) < 4.78 is 35.2. The number of halogens is 3. The van der Waals surface area contributed by atoms with Gasteiger partial charge < -0.3 is 24.5 Å². The number of hydrogen-bond donors (Lipinski definition) is 1. The average Bonchev–Trinajstić information content (AvgIpc) is 2.91. The van der Waals surface area contributed by atoms with Crippen molar-refractivity contribution in [2.45, 2.75) is 64.1 Å². The summed E-state index contributed by atoms with van der Waals surface area (Å²) in [5, 5.41) is 11.3. The number of anilines is 1. The topological polar surface area (TPSA) is 86.2 Å². The van der Waals surface area contributed by atoms with E-state index in [1.807, 2.05) is 0 Å². The van der Waals surface area contributed by atoms with E-state index in [1.165, 1.54) is 35.0 Å². The number of benzene rings is 1. The molecule has 1 aliphatic heterocycles. The van der Waals surface area contributed by atoms with Crippen LogP contribution >= 0.6 is 11.6 Å². The first-order valence-corrected chi connectivity index (χ1v) is 14.3. The summed E-state index contributed by atoms with van der Waals surface area (Å²) in [6.45, 7) is 5.92. The van der Waals surface area contributed by atoms with Crippen LogP contribution in [0.25, 0.3) is 0 Å². The van der Waals surface area contributed by atoms with Gasteiger partial charge in [-0.05, 0) is 69.7 Å². The average molecular weight is 595 g/mol. The molecule has 0 radical (unpaired) electrons. The maximum Gasteiger partial charge on any atom is 0.286 e. The van der Waals surface area contributed by atoms with E-state index in [0.717, 1.165) is 38.2 Å². The number of piperidine rings is 1. The quantitative estimate of drug-likeness (QED) is 0.359. The molecule has 0 saturated carbocycles. The minimum absolute atomic E-state index is 0.174. The number of aliphatic hydroxyl groups is 1. The van der Waals surface area contributed by atoms with Crippen LogP contribution in [0.1, 0.15) is 62.4 Å². The maximum atomic E-state index is 14.8. The van der Waals surface area contributed by atoms with Crippen LogP contribution < -0.4 is 9.64 Å². The lowest BCUT2D eigenvalue weighted by Crippen LogP contribution is -2.55. The fraction of sp³-hybridized carbons (Fsp3) is 0.567. The normalized spacial score (nSPS) is 15.9.